The number of fused-ring (bicyclic) bond motifs is 5. The lowest BCUT2D eigenvalue weighted by Crippen LogP contribution is -1.90. The second kappa shape index (κ2) is 5.14. The average molecular weight is 309 g/mol. The van der Waals surface area contributed by atoms with Crippen molar-refractivity contribution >= 4 is 44.1 Å². The smallest absolute Gasteiger partial charge is 0.159 e. The predicted octanol–water partition coefficient (Wildman–Crippen LogP) is 6.48. The van der Waals surface area contributed by atoms with Crippen LogP contribution in [0.25, 0.3) is 32.7 Å². The van der Waals surface area contributed by atoms with Gasteiger partial charge in [0.15, 0.2) is 5.58 Å². The van der Waals surface area contributed by atoms with Crippen LogP contribution in [0.5, 0.6) is 0 Å². The van der Waals surface area contributed by atoms with Crippen molar-refractivity contribution in [2.75, 3.05) is 5.32 Å². The van der Waals surface area contributed by atoms with Crippen molar-refractivity contribution < 1.29 is 4.42 Å². The second-order valence-corrected chi connectivity index (χ2v) is 5.94. The topological polar surface area (TPSA) is 25.2 Å². The van der Waals surface area contributed by atoms with Gasteiger partial charge in [0.2, 0.25) is 0 Å². The lowest BCUT2D eigenvalue weighted by Gasteiger charge is -2.09. The summed E-state index contributed by atoms with van der Waals surface area (Å²) in [5.41, 5.74) is 3.86. The molecule has 1 N–H and O–H groups in total. The molecule has 0 aliphatic heterocycles. The van der Waals surface area contributed by atoms with Gasteiger partial charge < -0.3 is 9.73 Å². The molecule has 1 heterocycles. The van der Waals surface area contributed by atoms with E-state index in [1.165, 1.54) is 16.2 Å². The Kier molecular flexibility index (Phi) is 2.83. The molecule has 0 fully saturated rings. The van der Waals surface area contributed by atoms with E-state index in [1.54, 1.807) is 0 Å². The molecule has 2 nitrogen and oxygen atoms in total. The molecule has 0 bridgehead atoms. The Morgan fingerprint density at radius 2 is 1.38 bits per heavy atom. The Morgan fingerprint density at radius 3 is 2.25 bits per heavy atom. The predicted molar refractivity (Wildman–Crippen MR) is 101 cm³/mol. The van der Waals surface area contributed by atoms with Gasteiger partial charge in [0.1, 0.15) is 5.58 Å². The number of anilines is 2. The molecule has 4 aromatic carbocycles. The number of hydrogen-bond donors (Lipinski definition) is 1. The van der Waals surface area contributed by atoms with Crippen molar-refractivity contribution in [2.45, 2.75) is 0 Å². The highest BCUT2D eigenvalue weighted by atomic mass is 16.3. The highest BCUT2D eigenvalue weighted by Crippen LogP contribution is 2.39. The van der Waals surface area contributed by atoms with Gasteiger partial charge in [-0.2, -0.15) is 0 Å². The zero-order valence-electron chi connectivity index (χ0n) is 13.0. The fourth-order valence-electron chi connectivity index (χ4n) is 3.34. The summed E-state index contributed by atoms with van der Waals surface area (Å²) >= 11 is 0. The van der Waals surface area contributed by atoms with Gasteiger partial charge in [0.25, 0.3) is 0 Å². The largest absolute Gasteiger partial charge is 0.454 e. The molecule has 0 atom stereocenters. The molecule has 0 spiro atoms. The normalized spacial score (nSPS) is 11.3. The van der Waals surface area contributed by atoms with E-state index in [0.717, 1.165) is 27.9 Å². The number of nitrogens with one attached hydrogen (secondary N) is 1. The minimum atomic E-state index is 0.902. The number of rotatable bonds is 2. The number of furan rings is 1. The summed E-state index contributed by atoms with van der Waals surface area (Å²) in [6.07, 6.45) is 0. The monoisotopic (exact) mass is 309 g/mol. The summed E-state index contributed by atoms with van der Waals surface area (Å²) in [5.74, 6) is 0. The standard InChI is InChI=1S/C22H15NO/c1-2-9-16(10-3-1)23-19-14-15-8-4-5-11-17(15)21-18-12-6-7-13-20(18)24-22(19)21/h1-14,23H. The quantitative estimate of drug-likeness (QED) is 0.403. The summed E-state index contributed by atoms with van der Waals surface area (Å²) in [6.45, 7) is 0. The van der Waals surface area contributed by atoms with Crippen LogP contribution in [-0.2, 0) is 0 Å². The van der Waals surface area contributed by atoms with Gasteiger partial charge in [0, 0.05) is 16.5 Å². The van der Waals surface area contributed by atoms with Gasteiger partial charge in [-0.25, -0.2) is 0 Å². The maximum atomic E-state index is 6.20. The fraction of sp³-hybridized carbons (Fsp3) is 0. The molecule has 1 aromatic heterocycles. The summed E-state index contributed by atoms with van der Waals surface area (Å²) in [7, 11) is 0. The van der Waals surface area contributed by atoms with Crippen LogP contribution in [0.15, 0.2) is 89.3 Å². The first kappa shape index (κ1) is 13.2. The molecule has 114 valence electrons. The minimum absolute atomic E-state index is 0.902. The fourth-order valence-corrected chi connectivity index (χ4v) is 3.34. The Balaban J connectivity index is 1.88. The van der Waals surface area contributed by atoms with Crippen molar-refractivity contribution in [1.82, 2.24) is 0 Å². The van der Waals surface area contributed by atoms with E-state index >= 15 is 0 Å². The lowest BCUT2D eigenvalue weighted by atomic mass is 10.0. The van der Waals surface area contributed by atoms with Gasteiger partial charge in [-0.15, -0.1) is 0 Å². The van der Waals surface area contributed by atoms with E-state index in [4.69, 9.17) is 4.42 Å². The van der Waals surface area contributed by atoms with Gasteiger partial charge in [0.05, 0.1) is 5.69 Å². The first-order valence-corrected chi connectivity index (χ1v) is 8.05. The van der Waals surface area contributed by atoms with Crippen molar-refractivity contribution in [3.05, 3.63) is 84.9 Å². The SMILES string of the molecule is c1ccc(Nc2cc3ccccc3c3c2oc2ccccc23)cc1. The van der Waals surface area contributed by atoms with E-state index in [0.29, 0.717) is 0 Å². The Morgan fingerprint density at radius 1 is 0.667 bits per heavy atom. The molecule has 5 rings (SSSR count). The van der Waals surface area contributed by atoms with Gasteiger partial charge >= 0.3 is 0 Å². The van der Waals surface area contributed by atoms with Crippen LogP contribution >= 0.6 is 0 Å². The third-order valence-corrected chi connectivity index (χ3v) is 4.42. The molecular formula is C22H15NO. The zero-order valence-corrected chi connectivity index (χ0v) is 13.0. The minimum Gasteiger partial charge on any atom is -0.454 e. The summed E-state index contributed by atoms with van der Waals surface area (Å²) in [4.78, 5) is 0. The molecule has 0 saturated carbocycles. The molecule has 2 heteroatoms. The summed E-state index contributed by atoms with van der Waals surface area (Å²) < 4.78 is 6.20. The Labute approximate surface area is 139 Å². The first-order chi connectivity index (χ1) is 11.9. The molecule has 0 saturated heterocycles. The van der Waals surface area contributed by atoms with E-state index in [2.05, 4.69) is 59.9 Å². The van der Waals surface area contributed by atoms with Crippen molar-refractivity contribution in [1.29, 1.82) is 0 Å². The van der Waals surface area contributed by atoms with Crippen molar-refractivity contribution in [2.24, 2.45) is 0 Å². The van der Waals surface area contributed by atoms with E-state index < -0.39 is 0 Å². The van der Waals surface area contributed by atoms with Crippen LogP contribution in [0.3, 0.4) is 0 Å². The van der Waals surface area contributed by atoms with E-state index in [9.17, 15) is 0 Å². The third-order valence-electron chi connectivity index (χ3n) is 4.42. The Bertz CT molecular complexity index is 1170. The Hall–Kier alpha value is -3.26. The molecule has 0 aliphatic rings. The van der Waals surface area contributed by atoms with Crippen LogP contribution in [0.2, 0.25) is 0 Å². The molecule has 0 radical (unpaired) electrons. The zero-order chi connectivity index (χ0) is 15.9. The van der Waals surface area contributed by atoms with Crippen LogP contribution < -0.4 is 5.32 Å². The van der Waals surface area contributed by atoms with E-state index in [1.807, 2.05) is 30.3 Å². The van der Waals surface area contributed by atoms with Crippen molar-refractivity contribution in [3.8, 4) is 0 Å². The van der Waals surface area contributed by atoms with Gasteiger partial charge in [-0.3, -0.25) is 0 Å². The number of para-hydroxylation sites is 2. The van der Waals surface area contributed by atoms with E-state index in [-0.39, 0.29) is 0 Å². The van der Waals surface area contributed by atoms with Crippen molar-refractivity contribution in [3.63, 3.8) is 0 Å². The molecule has 0 unspecified atom stereocenters. The first-order valence-electron chi connectivity index (χ1n) is 8.05. The average Bonchev–Trinajstić information content (AvgIpc) is 3.03. The highest BCUT2D eigenvalue weighted by molar-refractivity contribution is 6.22. The second-order valence-electron chi connectivity index (χ2n) is 5.94. The molecular weight excluding hydrogens is 294 g/mol. The number of benzene rings is 4. The molecule has 0 aliphatic carbocycles. The van der Waals surface area contributed by atoms with Gasteiger partial charge in [-0.05, 0) is 35.0 Å². The van der Waals surface area contributed by atoms with Crippen LogP contribution in [-0.4, -0.2) is 0 Å². The van der Waals surface area contributed by atoms with Crippen LogP contribution in [0.1, 0.15) is 0 Å². The lowest BCUT2D eigenvalue weighted by molar-refractivity contribution is 0.670. The highest BCUT2D eigenvalue weighted by Gasteiger charge is 2.14. The van der Waals surface area contributed by atoms with Crippen LogP contribution in [0, 0.1) is 0 Å². The summed E-state index contributed by atoms with van der Waals surface area (Å²) in [5, 5.41) is 8.25. The third kappa shape index (κ3) is 1.97. The molecule has 24 heavy (non-hydrogen) atoms. The number of hydrogen-bond acceptors (Lipinski definition) is 2. The maximum Gasteiger partial charge on any atom is 0.159 e. The summed E-state index contributed by atoms with van der Waals surface area (Å²) in [6, 6.07) is 29.0. The molecule has 5 aromatic rings. The molecule has 0 amide bonds. The maximum absolute atomic E-state index is 6.20. The van der Waals surface area contributed by atoms with Crippen LogP contribution in [0.4, 0.5) is 11.4 Å². The van der Waals surface area contributed by atoms with Gasteiger partial charge in [-0.1, -0.05) is 60.7 Å².